The van der Waals surface area contributed by atoms with Gasteiger partial charge in [0.15, 0.2) is 23.0 Å². The molecular weight excluding hydrogens is 456 g/mol. The van der Waals surface area contributed by atoms with E-state index in [1.807, 2.05) is 0 Å². The van der Waals surface area contributed by atoms with Gasteiger partial charge in [0.1, 0.15) is 0 Å². The Morgan fingerprint density at radius 1 is 0.412 bits per heavy atom. The Labute approximate surface area is 188 Å². The fourth-order valence-corrected chi connectivity index (χ4v) is 3.28. The standard InChI is InChI=1S/C22H14O12/c23-15-13(7-1-9(19(27)28)5-10(2-7)20(29)30)16(24)18(26)14(17(15)25)8-3-11(21(31)32)6-12(4-8)22(33)34/h1-6,23-26H,(H,27,28)(H,29,30)(H,31,32)(H,33,34). The number of aromatic carboxylic acids is 4. The molecule has 0 bridgehead atoms. The second-order valence-electron chi connectivity index (χ2n) is 6.96. The van der Waals surface area contributed by atoms with Crippen LogP contribution in [-0.2, 0) is 0 Å². The van der Waals surface area contributed by atoms with E-state index in [-0.39, 0.29) is 0 Å². The molecule has 174 valence electrons. The molecule has 0 atom stereocenters. The first-order valence-electron chi connectivity index (χ1n) is 9.07. The van der Waals surface area contributed by atoms with Crippen LogP contribution in [0.3, 0.4) is 0 Å². The van der Waals surface area contributed by atoms with Crippen molar-refractivity contribution in [3.63, 3.8) is 0 Å². The molecule has 0 radical (unpaired) electrons. The zero-order valence-corrected chi connectivity index (χ0v) is 16.7. The highest BCUT2D eigenvalue weighted by atomic mass is 16.4. The van der Waals surface area contributed by atoms with Gasteiger partial charge in [-0.05, 0) is 47.5 Å². The Hall–Kier alpha value is -5.26. The van der Waals surface area contributed by atoms with Crippen molar-refractivity contribution in [2.75, 3.05) is 0 Å². The minimum absolute atomic E-state index is 0.394. The average Bonchev–Trinajstić information content (AvgIpc) is 2.77. The van der Waals surface area contributed by atoms with Gasteiger partial charge in [-0.15, -0.1) is 0 Å². The molecule has 34 heavy (non-hydrogen) atoms. The predicted molar refractivity (Wildman–Crippen MR) is 112 cm³/mol. The number of hydrogen-bond acceptors (Lipinski definition) is 8. The van der Waals surface area contributed by atoms with Crippen LogP contribution >= 0.6 is 0 Å². The van der Waals surface area contributed by atoms with E-state index in [1.54, 1.807) is 0 Å². The summed E-state index contributed by atoms with van der Waals surface area (Å²) in [6.45, 7) is 0. The van der Waals surface area contributed by atoms with Crippen molar-refractivity contribution in [1.29, 1.82) is 0 Å². The van der Waals surface area contributed by atoms with Gasteiger partial charge in [-0.3, -0.25) is 0 Å². The number of phenolic OH excluding ortho intramolecular Hbond substituents is 4. The van der Waals surface area contributed by atoms with Crippen LogP contribution in [0.25, 0.3) is 22.3 Å². The molecule has 0 amide bonds. The van der Waals surface area contributed by atoms with Gasteiger partial charge in [-0.25, -0.2) is 19.2 Å². The summed E-state index contributed by atoms with van der Waals surface area (Å²) in [5.41, 5.74) is -4.41. The molecule has 0 aromatic heterocycles. The maximum absolute atomic E-state index is 11.4. The van der Waals surface area contributed by atoms with Gasteiger partial charge in [0.25, 0.3) is 0 Å². The number of aromatic hydroxyl groups is 4. The van der Waals surface area contributed by atoms with E-state index in [4.69, 9.17) is 0 Å². The number of phenols is 4. The maximum Gasteiger partial charge on any atom is 0.335 e. The molecule has 8 N–H and O–H groups in total. The molecule has 3 aromatic carbocycles. The fraction of sp³-hybridized carbons (Fsp3) is 0. The summed E-state index contributed by atoms with van der Waals surface area (Å²) in [5, 5.41) is 79.2. The third-order valence-corrected chi connectivity index (χ3v) is 4.83. The SMILES string of the molecule is O=C(O)c1cc(C(=O)O)cc(-c2c(O)c(O)c(-c3cc(C(=O)O)cc(C(=O)O)c3)c(O)c2O)c1. The topological polar surface area (TPSA) is 230 Å². The lowest BCUT2D eigenvalue weighted by Crippen LogP contribution is -2.04. The Morgan fingerprint density at radius 2 is 0.618 bits per heavy atom. The van der Waals surface area contributed by atoms with Crippen molar-refractivity contribution in [1.82, 2.24) is 0 Å². The lowest BCUT2D eigenvalue weighted by molar-refractivity contribution is 0.0676. The van der Waals surface area contributed by atoms with Crippen molar-refractivity contribution in [2.24, 2.45) is 0 Å². The van der Waals surface area contributed by atoms with E-state index in [0.29, 0.717) is 0 Å². The van der Waals surface area contributed by atoms with E-state index < -0.39 is 91.4 Å². The van der Waals surface area contributed by atoms with E-state index in [1.165, 1.54) is 0 Å². The van der Waals surface area contributed by atoms with Crippen molar-refractivity contribution < 1.29 is 60.0 Å². The monoisotopic (exact) mass is 470 g/mol. The zero-order chi connectivity index (χ0) is 25.5. The summed E-state index contributed by atoms with van der Waals surface area (Å²) in [4.78, 5) is 45.5. The van der Waals surface area contributed by atoms with E-state index in [2.05, 4.69) is 0 Å². The van der Waals surface area contributed by atoms with Gasteiger partial charge < -0.3 is 40.9 Å². The number of carbonyl (C=O) groups is 4. The normalized spacial score (nSPS) is 10.6. The maximum atomic E-state index is 11.4. The predicted octanol–water partition coefficient (Wildman–Crippen LogP) is 2.64. The largest absolute Gasteiger partial charge is 0.504 e. The summed E-state index contributed by atoms with van der Waals surface area (Å²) in [6, 6.07) is 5.10. The van der Waals surface area contributed by atoms with Crippen LogP contribution in [0.1, 0.15) is 41.4 Å². The molecular formula is C22H14O12. The Morgan fingerprint density at radius 3 is 0.794 bits per heavy atom. The number of benzene rings is 3. The van der Waals surface area contributed by atoms with E-state index in [9.17, 15) is 60.0 Å². The summed E-state index contributed by atoms with van der Waals surface area (Å²) in [6.07, 6.45) is 0. The molecule has 0 aliphatic carbocycles. The Bertz CT molecular complexity index is 1200. The molecule has 0 saturated carbocycles. The van der Waals surface area contributed by atoms with Crippen molar-refractivity contribution >= 4 is 23.9 Å². The molecule has 0 spiro atoms. The third kappa shape index (κ3) is 3.98. The van der Waals surface area contributed by atoms with Gasteiger partial charge in [0, 0.05) is 0 Å². The van der Waals surface area contributed by atoms with Gasteiger partial charge in [-0.1, -0.05) is 0 Å². The Kier molecular flexibility index (Phi) is 5.75. The van der Waals surface area contributed by atoms with Crippen molar-refractivity contribution in [3.8, 4) is 45.3 Å². The number of rotatable bonds is 6. The summed E-state index contributed by atoms with van der Waals surface area (Å²) in [5.74, 6) is -10.7. The number of carboxylic acid groups (broad SMARTS) is 4. The fourth-order valence-electron chi connectivity index (χ4n) is 3.28. The van der Waals surface area contributed by atoms with Gasteiger partial charge in [0.2, 0.25) is 0 Å². The minimum Gasteiger partial charge on any atom is -0.504 e. The third-order valence-electron chi connectivity index (χ3n) is 4.83. The highest BCUT2D eigenvalue weighted by molar-refractivity contribution is 6.01. The quantitative estimate of drug-likeness (QED) is 0.192. The van der Waals surface area contributed by atoms with Gasteiger partial charge >= 0.3 is 23.9 Å². The molecule has 0 fully saturated rings. The molecule has 0 aliphatic rings. The first-order valence-corrected chi connectivity index (χ1v) is 9.07. The summed E-state index contributed by atoms with van der Waals surface area (Å²) >= 11 is 0. The van der Waals surface area contributed by atoms with Crippen LogP contribution in [0.5, 0.6) is 23.0 Å². The molecule has 0 unspecified atom stereocenters. The van der Waals surface area contributed by atoms with Gasteiger partial charge in [-0.2, -0.15) is 0 Å². The van der Waals surface area contributed by atoms with Crippen LogP contribution in [0.2, 0.25) is 0 Å². The van der Waals surface area contributed by atoms with Crippen LogP contribution in [0.4, 0.5) is 0 Å². The van der Waals surface area contributed by atoms with E-state index >= 15 is 0 Å². The van der Waals surface area contributed by atoms with Crippen molar-refractivity contribution in [2.45, 2.75) is 0 Å². The first kappa shape index (κ1) is 23.4. The molecule has 12 nitrogen and oxygen atoms in total. The number of hydrogen-bond donors (Lipinski definition) is 8. The van der Waals surface area contributed by atoms with Gasteiger partial charge in [0.05, 0.1) is 33.4 Å². The van der Waals surface area contributed by atoms with Crippen LogP contribution in [0, 0.1) is 0 Å². The highest BCUT2D eigenvalue weighted by Gasteiger charge is 2.28. The van der Waals surface area contributed by atoms with E-state index in [0.717, 1.165) is 36.4 Å². The lowest BCUT2D eigenvalue weighted by atomic mass is 9.92. The summed E-state index contributed by atoms with van der Waals surface area (Å²) < 4.78 is 0. The smallest absolute Gasteiger partial charge is 0.335 e. The number of carboxylic acids is 4. The Balaban J connectivity index is 2.36. The van der Waals surface area contributed by atoms with Crippen molar-refractivity contribution in [3.05, 3.63) is 58.7 Å². The summed E-state index contributed by atoms with van der Waals surface area (Å²) in [7, 11) is 0. The molecule has 3 rings (SSSR count). The molecule has 0 saturated heterocycles. The van der Waals surface area contributed by atoms with Crippen LogP contribution in [-0.4, -0.2) is 64.7 Å². The highest BCUT2D eigenvalue weighted by Crippen LogP contribution is 2.55. The molecule has 0 aliphatic heterocycles. The average molecular weight is 470 g/mol. The first-order chi connectivity index (χ1) is 15.8. The minimum atomic E-state index is -1.54. The second kappa shape index (κ2) is 8.35. The molecule has 0 heterocycles. The van der Waals surface area contributed by atoms with Crippen LogP contribution < -0.4 is 0 Å². The molecule has 3 aromatic rings. The zero-order valence-electron chi connectivity index (χ0n) is 16.7. The lowest BCUT2D eigenvalue weighted by Gasteiger charge is -2.17. The van der Waals surface area contributed by atoms with Crippen LogP contribution in [0.15, 0.2) is 36.4 Å². The second-order valence-corrected chi connectivity index (χ2v) is 6.96. The molecule has 12 heteroatoms.